The Morgan fingerprint density at radius 3 is 2.45 bits per heavy atom. The van der Waals surface area contributed by atoms with Crippen molar-refractivity contribution in [3.05, 3.63) is 70.8 Å². The van der Waals surface area contributed by atoms with E-state index in [-0.39, 0.29) is 0 Å². The normalized spacial score (nSPS) is 12.3. The van der Waals surface area contributed by atoms with Gasteiger partial charge in [0.05, 0.1) is 6.61 Å². The third-order valence-corrected chi connectivity index (χ3v) is 3.49. The van der Waals surface area contributed by atoms with Crippen molar-refractivity contribution in [2.45, 2.75) is 33.0 Å². The number of methoxy groups -OCH3 is 1. The van der Waals surface area contributed by atoms with E-state index in [2.05, 4.69) is 67.7 Å². The van der Waals surface area contributed by atoms with Gasteiger partial charge in [0.1, 0.15) is 0 Å². The van der Waals surface area contributed by atoms with Gasteiger partial charge in [-0.15, -0.1) is 0 Å². The van der Waals surface area contributed by atoms with Crippen molar-refractivity contribution < 1.29 is 4.74 Å². The third-order valence-electron chi connectivity index (χ3n) is 3.49. The zero-order chi connectivity index (χ0) is 14.4. The molecule has 0 bridgehead atoms. The lowest BCUT2D eigenvalue weighted by Crippen LogP contribution is -2.18. The quantitative estimate of drug-likeness (QED) is 0.856. The Kier molecular flexibility index (Phi) is 5.33. The molecule has 20 heavy (non-hydrogen) atoms. The fourth-order valence-electron chi connectivity index (χ4n) is 2.24. The molecule has 0 aromatic heterocycles. The van der Waals surface area contributed by atoms with Gasteiger partial charge in [0.25, 0.3) is 0 Å². The van der Waals surface area contributed by atoms with E-state index in [0.717, 1.165) is 6.54 Å². The van der Waals surface area contributed by atoms with Crippen molar-refractivity contribution in [3.63, 3.8) is 0 Å². The summed E-state index contributed by atoms with van der Waals surface area (Å²) in [4.78, 5) is 0. The molecule has 0 saturated carbocycles. The van der Waals surface area contributed by atoms with Crippen LogP contribution in [0.2, 0.25) is 0 Å². The van der Waals surface area contributed by atoms with E-state index < -0.39 is 0 Å². The third kappa shape index (κ3) is 4.19. The van der Waals surface area contributed by atoms with Crippen molar-refractivity contribution in [2.24, 2.45) is 0 Å². The molecule has 0 aliphatic heterocycles. The highest BCUT2D eigenvalue weighted by Gasteiger charge is 2.04. The summed E-state index contributed by atoms with van der Waals surface area (Å²) in [6, 6.07) is 17.6. The maximum absolute atomic E-state index is 5.17. The highest BCUT2D eigenvalue weighted by molar-refractivity contribution is 5.25. The summed E-state index contributed by atoms with van der Waals surface area (Å²) in [6.45, 7) is 5.85. The Labute approximate surface area is 121 Å². The largest absolute Gasteiger partial charge is 0.380 e. The molecule has 2 heteroatoms. The molecule has 2 aromatic carbocycles. The van der Waals surface area contributed by atoms with Gasteiger partial charge in [-0.25, -0.2) is 0 Å². The molecule has 0 fully saturated rings. The molecule has 1 atom stereocenters. The number of ether oxygens (including phenoxy) is 1. The number of hydrogen-bond acceptors (Lipinski definition) is 2. The van der Waals surface area contributed by atoms with E-state index in [4.69, 9.17) is 4.74 Å². The monoisotopic (exact) mass is 269 g/mol. The van der Waals surface area contributed by atoms with E-state index in [1.54, 1.807) is 7.11 Å². The second kappa shape index (κ2) is 7.22. The smallest absolute Gasteiger partial charge is 0.0713 e. The molecule has 0 unspecified atom stereocenters. The highest BCUT2D eigenvalue weighted by Crippen LogP contribution is 2.14. The standard InChI is InChI=1S/C18H23NO/c1-14-7-9-18(10-8-14)15(2)19-12-16-5-4-6-17(11-16)13-20-3/h4-11,15,19H,12-13H2,1-3H3/t15-/m1/s1. The summed E-state index contributed by atoms with van der Waals surface area (Å²) in [7, 11) is 1.73. The van der Waals surface area contributed by atoms with Crippen LogP contribution in [0.4, 0.5) is 0 Å². The van der Waals surface area contributed by atoms with E-state index in [9.17, 15) is 0 Å². The van der Waals surface area contributed by atoms with Gasteiger partial charge in [-0.05, 0) is 30.5 Å². The van der Waals surface area contributed by atoms with Gasteiger partial charge in [-0.1, -0.05) is 54.1 Å². The Balaban J connectivity index is 1.94. The molecule has 2 aromatic rings. The van der Waals surface area contributed by atoms with E-state index in [1.807, 2.05) is 0 Å². The van der Waals surface area contributed by atoms with Crippen LogP contribution in [0.3, 0.4) is 0 Å². The van der Waals surface area contributed by atoms with Gasteiger partial charge in [0.15, 0.2) is 0 Å². The first kappa shape index (κ1) is 14.8. The zero-order valence-electron chi connectivity index (χ0n) is 12.5. The van der Waals surface area contributed by atoms with Crippen LogP contribution >= 0.6 is 0 Å². The summed E-state index contributed by atoms with van der Waals surface area (Å²) in [6.07, 6.45) is 0. The van der Waals surface area contributed by atoms with Gasteiger partial charge in [-0.2, -0.15) is 0 Å². The van der Waals surface area contributed by atoms with Crippen LogP contribution in [-0.2, 0) is 17.9 Å². The average molecular weight is 269 g/mol. The Morgan fingerprint density at radius 2 is 1.75 bits per heavy atom. The fraction of sp³-hybridized carbons (Fsp3) is 0.333. The molecule has 2 rings (SSSR count). The summed E-state index contributed by atoms with van der Waals surface area (Å²) in [5.41, 5.74) is 5.13. The number of nitrogens with one attached hydrogen (secondary N) is 1. The maximum Gasteiger partial charge on any atom is 0.0713 e. The molecular weight excluding hydrogens is 246 g/mol. The molecule has 1 N–H and O–H groups in total. The van der Waals surface area contributed by atoms with Gasteiger partial charge >= 0.3 is 0 Å². The van der Waals surface area contributed by atoms with Crippen molar-refractivity contribution in [1.29, 1.82) is 0 Å². The molecule has 0 heterocycles. The number of rotatable bonds is 6. The lowest BCUT2D eigenvalue weighted by Gasteiger charge is -2.15. The second-order valence-corrected chi connectivity index (χ2v) is 5.27. The van der Waals surface area contributed by atoms with Crippen LogP contribution in [0.15, 0.2) is 48.5 Å². The minimum absolute atomic E-state index is 0.349. The predicted molar refractivity (Wildman–Crippen MR) is 83.6 cm³/mol. The Bertz CT molecular complexity index is 533. The van der Waals surface area contributed by atoms with Crippen molar-refractivity contribution in [1.82, 2.24) is 5.32 Å². The summed E-state index contributed by atoms with van der Waals surface area (Å²) in [5.74, 6) is 0. The average Bonchev–Trinajstić information content (AvgIpc) is 2.46. The van der Waals surface area contributed by atoms with Crippen LogP contribution in [0.1, 0.15) is 35.2 Å². The van der Waals surface area contributed by atoms with Gasteiger partial charge < -0.3 is 10.1 Å². The lowest BCUT2D eigenvalue weighted by atomic mass is 10.1. The zero-order valence-corrected chi connectivity index (χ0v) is 12.5. The molecule has 0 spiro atoms. The van der Waals surface area contributed by atoms with Crippen LogP contribution in [-0.4, -0.2) is 7.11 Å². The molecular formula is C18H23NO. The van der Waals surface area contributed by atoms with Crippen LogP contribution in [0, 0.1) is 6.92 Å². The van der Waals surface area contributed by atoms with Crippen molar-refractivity contribution >= 4 is 0 Å². The molecule has 0 radical (unpaired) electrons. The highest BCUT2D eigenvalue weighted by atomic mass is 16.5. The van der Waals surface area contributed by atoms with Crippen molar-refractivity contribution in [2.75, 3.05) is 7.11 Å². The minimum Gasteiger partial charge on any atom is -0.380 e. The Morgan fingerprint density at radius 1 is 1.05 bits per heavy atom. The number of aryl methyl sites for hydroxylation is 1. The lowest BCUT2D eigenvalue weighted by molar-refractivity contribution is 0.185. The van der Waals surface area contributed by atoms with E-state index in [1.165, 1.54) is 22.3 Å². The first-order valence-corrected chi connectivity index (χ1v) is 7.06. The summed E-state index contributed by atoms with van der Waals surface area (Å²) >= 11 is 0. The molecule has 0 amide bonds. The van der Waals surface area contributed by atoms with Gasteiger partial charge in [-0.3, -0.25) is 0 Å². The fourth-order valence-corrected chi connectivity index (χ4v) is 2.24. The topological polar surface area (TPSA) is 21.3 Å². The minimum atomic E-state index is 0.349. The molecule has 0 aliphatic rings. The number of benzene rings is 2. The van der Waals surface area contributed by atoms with Crippen LogP contribution < -0.4 is 5.32 Å². The summed E-state index contributed by atoms with van der Waals surface area (Å²) < 4.78 is 5.17. The van der Waals surface area contributed by atoms with Gasteiger partial charge in [0.2, 0.25) is 0 Å². The molecule has 2 nitrogen and oxygen atoms in total. The predicted octanol–water partition coefficient (Wildman–Crippen LogP) is 3.99. The molecule has 106 valence electrons. The maximum atomic E-state index is 5.17. The van der Waals surface area contributed by atoms with Crippen LogP contribution in [0.25, 0.3) is 0 Å². The molecule has 0 saturated heterocycles. The van der Waals surface area contributed by atoms with Crippen LogP contribution in [0.5, 0.6) is 0 Å². The van der Waals surface area contributed by atoms with E-state index in [0.29, 0.717) is 12.6 Å². The van der Waals surface area contributed by atoms with Crippen molar-refractivity contribution in [3.8, 4) is 0 Å². The first-order valence-electron chi connectivity index (χ1n) is 7.06. The van der Waals surface area contributed by atoms with E-state index >= 15 is 0 Å². The summed E-state index contributed by atoms with van der Waals surface area (Å²) in [5, 5.41) is 3.56. The SMILES string of the molecule is COCc1cccc(CN[C@H](C)c2ccc(C)cc2)c1. The second-order valence-electron chi connectivity index (χ2n) is 5.27. The molecule has 0 aliphatic carbocycles. The Hall–Kier alpha value is -1.64. The number of hydrogen-bond donors (Lipinski definition) is 1. The van der Waals surface area contributed by atoms with Gasteiger partial charge in [0, 0.05) is 19.7 Å². The first-order chi connectivity index (χ1) is 9.69.